The van der Waals surface area contributed by atoms with E-state index >= 15 is 0 Å². The molecule has 0 aliphatic carbocycles. The van der Waals surface area contributed by atoms with E-state index in [9.17, 15) is 19.2 Å². The number of carbonyl (C=O) groups excluding carboxylic acids is 4. The monoisotopic (exact) mass is 588 g/mol. The normalized spacial score (nSPS) is 10.9. The molecule has 0 saturated carbocycles. The second-order valence-corrected chi connectivity index (χ2v) is 11.1. The van der Waals surface area contributed by atoms with E-state index in [1.807, 2.05) is 31.2 Å². The maximum atomic E-state index is 12.3. The maximum absolute atomic E-state index is 12.3. The van der Waals surface area contributed by atoms with Gasteiger partial charge in [0.25, 0.3) is 5.91 Å². The van der Waals surface area contributed by atoms with Crippen molar-refractivity contribution in [2.75, 3.05) is 23.8 Å². The molecule has 0 radical (unpaired) electrons. The maximum Gasteiger partial charge on any atom is 0.338 e. The molecule has 3 rings (SSSR count). The highest BCUT2D eigenvalue weighted by atomic mass is 16.5. The fourth-order valence-corrected chi connectivity index (χ4v) is 3.88. The number of unbranched alkanes of at least 4 members (excludes halogenated alkanes) is 1. The predicted octanol–water partition coefficient (Wildman–Crippen LogP) is 7.02. The van der Waals surface area contributed by atoms with Crippen LogP contribution in [-0.4, -0.2) is 37.0 Å². The lowest BCUT2D eigenvalue weighted by atomic mass is 9.87. The molecule has 0 fully saturated rings. The van der Waals surface area contributed by atoms with E-state index in [0.29, 0.717) is 29.3 Å². The minimum Gasteiger partial charge on any atom is -0.462 e. The van der Waals surface area contributed by atoms with Crippen LogP contribution in [0.2, 0.25) is 0 Å². The number of hydrogen-bond acceptors (Lipinski definition) is 7. The highest BCUT2D eigenvalue weighted by molar-refractivity contribution is 5.94. The van der Waals surface area contributed by atoms with E-state index in [-0.39, 0.29) is 30.6 Å². The van der Waals surface area contributed by atoms with E-state index in [1.54, 1.807) is 48.5 Å². The zero-order chi connectivity index (χ0) is 31.2. The predicted molar refractivity (Wildman–Crippen MR) is 165 cm³/mol. The average Bonchev–Trinajstić information content (AvgIpc) is 2.97. The Morgan fingerprint density at radius 1 is 0.674 bits per heavy atom. The van der Waals surface area contributed by atoms with Gasteiger partial charge in [0.2, 0.25) is 5.91 Å². The molecule has 0 aromatic heterocycles. The Hall–Kier alpha value is -4.66. The zero-order valence-corrected chi connectivity index (χ0v) is 25.2. The van der Waals surface area contributed by atoms with Crippen LogP contribution in [0.3, 0.4) is 0 Å². The molecule has 228 valence electrons. The second kappa shape index (κ2) is 16.1. The van der Waals surface area contributed by atoms with Crippen LogP contribution in [0.5, 0.6) is 11.5 Å². The van der Waals surface area contributed by atoms with E-state index in [1.165, 1.54) is 5.56 Å². The van der Waals surface area contributed by atoms with Crippen LogP contribution in [0.25, 0.3) is 0 Å². The van der Waals surface area contributed by atoms with Crippen LogP contribution in [0.4, 0.5) is 11.4 Å². The van der Waals surface area contributed by atoms with Crippen LogP contribution in [0.1, 0.15) is 75.7 Å². The number of hydrogen-bond donors (Lipinski definition) is 2. The molecule has 9 heteroatoms. The van der Waals surface area contributed by atoms with Crippen molar-refractivity contribution in [2.24, 2.45) is 0 Å². The number of rotatable bonds is 14. The van der Waals surface area contributed by atoms with Crippen molar-refractivity contribution < 1.29 is 33.4 Å². The molecule has 0 aliphatic rings. The number of carbonyl (C=O) groups is 4. The van der Waals surface area contributed by atoms with Crippen LogP contribution < -0.4 is 15.4 Å². The Kier molecular flexibility index (Phi) is 12.3. The summed E-state index contributed by atoms with van der Waals surface area (Å²) >= 11 is 0. The van der Waals surface area contributed by atoms with Gasteiger partial charge in [-0.25, -0.2) is 4.79 Å². The number of ether oxygens (including phenoxy) is 3. The minimum absolute atomic E-state index is 0.00365. The Labute approximate surface area is 252 Å². The topological polar surface area (TPSA) is 120 Å². The Balaban J connectivity index is 1.31. The summed E-state index contributed by atoms with van der Waals surface area (Å²) in [5.74, 6) is -0.383. The van der Waals surface area contributed by atoms with Gasteiger partial charge in [-0.2, -0.15) is 0 Å². The molecule has 0 heterocycles. The molecular formula is C34H40N2O7. The van der Waals surface area contributed by atoms with Crippen molar-refractivity contribution in [3.8, 4) is 11.5 Å². The lowest BCUT2D eigenvalue weighted by Gasteiger charge is -2.19. The third-order valence-electron chi connectivity index (χ3n) is 6.38. The van der Waals surface area contributed by atoms with Gasteiger partial charge in [0.1, 0.15) is 11.5 Å². The van der Waals surface area contributed by atoms with Gasteiger partial charge in [-0.3, -0.25) is 14.4 Å². The molecule has 9 nitrogen and oxygen atoms in total. The van der Waals surface area contributed by atoms with Gasteiger partial charge in [0.05, 0.1) is 12.2 Å². The van der Waals surface area contributed by atoms with Gasteiger partial charge in [0, 0.05) is 24.2 Å². The average molecular weight is 589 g/mol. The highest BCUT2D eigenvalue weighted by Gasteiger charge is 2.14. The van der Waals surface area contributed by atoms with Crippen LogP contribution in [0.15, 0.2) is 72.8 Å². The molecule has 43 heavy (non-hydrogen) atoms. The molecule has 0 atom stereocenters. The van der Waals surface area contributed by atoms with Crippen molar-refractivity contribution in [1.29, 1.82) is 0 Å². The van der Waals surface area contributed by atoms with Crippen LogP contribution >= 0.6 is 0 Å². The van der Waals surface area contributed by atoms with Gasteiger partial charge < -0.3 is 24.8 Å². The molecular weight excluding hydrogens is 548 g/mol. The van der Waals surface area contributed by atoms with Gasteiger partial charge in [-0.15, -0.1) is 0 Å². The van der Waals surface area contributed by atoms with Gasteiger partial charge in [0.15, 0.2) is 6.61 Å². The van der Waals surface area contributed by atoms with Crippen molar-refractivity contribution in [2.45, 2.75) is 65.2 Å². The number of esters is 2. The molecule has 3 aromatic rings. The lowest BCUT2D eigenvalue weighted by Crippen LogP contribution is -2.21. The summed E-state index contributed by atoms with van der Waals surface area (Å²) in [6.07, 6.45) is 2.11. The number of benzene rings is 3. The number of amides is 2. The molecule has 2 N–H and O–H groups in total. The van der Waals surface area contributed by atoms with E-state index < -0.39 is 24.5 Å². The first-order valence-electron chi connectivity index (χ1n) is 14.4. The van der Waals surface area contributed by atoms with Gasteiger partial charge in [-0.05, 0) is 84.5 Å². The highest BCUT2D eigenvalue weighted by Crippen LogP contribution is 2.27. The van der Waals surface area contributed by atoms with Gasteiger partial charge >= 0.3 is 11.9 Å². The van der Waals surface area contributed by atoms with Crippen LogP contribution in [-0.2, 0) is 29.3 Å². The quantitative estimate of drug-likeness (QED) is 0.153. The molecule has 0 spiro atoms. The Morgan fingerprint density at radius 2 is 1.23 bits per heavy atom. The van der Waals surface area contributed by atoms with Crippen molar-refractivity contribution in [3.05, 3.63) is 83.9 Å². The summed E-state index contributed by atoms with van der Waals surface area (Å²) in [4.78, 5) is 48.4. The van der Waals surface area contributed by atoms with Gasteiger partial charge in [-0.1, -0.05) is 46.2 Å². The molecule has 0 saturated heterocycles. The summed E-state index contributed by atoms with van der Waals surface area (Å²) in [6, 6.07) is 21.2. The third kappa shape index (κ3) is 11.6. The number of nitrogens with one attached hydrogen (secondary N) is 2. The fourth-order valence-electron chi connectivity index (χ4n) is 3.88. The molecule has 2 amide bonds. The van der Waals surface area contributed by atoms with E-state index in [0.717, 1.165) is 18.6 Å². The minimum atomic E-state index is -0.579. The Morgan fingerprint density at radius 3 is 1.81 bits per heavy atom. The van der Waals surface area contributed by atoms with E-state index in [4.69, 9.17) is 14.2 Å². The standard InChI is InChI=1S/C34H40N2O7/c1-5-6-22-41-33(40)24-10-14-26(15-11-24)36-31(38)23-42-32(39)9-7-8-30(37)35-27-16-20-29(21-17-27)43-28-18-12-25(13-19-28)34(2,3)4/h10-21H,5-9,22-23H2,1-4H3,(H,35,37)(H,36,38). The molecule has 0 unspecified atom stereocenters. The summed E-state index contributed by atoms with van der Waals surface area (Å²) in [7, 11) is 0. The summed E-state index contributed by atoms with van der Waals surface area (Å²) < 4.78 is 16.0. The fraction of sp³-hybridized carbons (Fsp3) is 0.353. The van der Waals surface area contributed by atoms with Crippen molar-refractivity contribution in [1.82, 2.24) is 0 Å². The smallest absolute Gasteiger partial charge is 0.338 e. The van der Waals surface area contributed by atoms with Crippen LogP contribution in [0, 0.1) is 0 Å². The zero-order valence-electron chi connectivity index (χ0n) is 25.2. The lowest BCUT2D eigenvalue weighted by molar-refractivity contribution is -0.147. The molecule has 3 aromatic carbocycles. The summed E-state index contributed by atoms with van der Waals surface area (Å²) in [6.45, 7) is 8.38. The molecule has 0 aliphatic heterocycles. The summed E-state index contributed by atoms with van der Waals surface area (Å²) in [5, 5.41) is 5.39. The first-order chi connectivity index (χ1) is 20.5. The second-order valence-electron chi connectivity index (χ2n) is 11.1. The molecule has 0 bridgehead atoms. The number of anilines is 2. The first kappa shape index (κ1) is 32.8. The van der Waals surface area contributed by atoms with Crippen molar-refractivity contribution >= 4 is 35.1 Å². The third-order valence-corrected chi connectivity index (χ3v) is 6.38. The summed E-state index contributed by atoms with van der Waals surface area (Å²) in [5.41, 5.74) is 2.74. The largest absolute Gasteiger partial charge is 0.462 e. The SMILES string of the molecule is CCCCOC(=O)c1ccc(NC(=O)COC(=O)CCCC(=O)Nc2ccc(Oc3ccc(C(C)(C)C)cc3)cc2)cc1. The first-order valence-corrected chi connectivity index (χ1v) is 14.4. The van der Waals surface area contributed by atoms with E-state index in [2.05, 4.69) is 31.4 Å². The van der Waals surface area contributed by atoms with Crippen molar-refractivity contribution in [3.63, 3.8) is 0 Å². The Bertz CT molecular complexity index is 1360.